The highest BCUT2D eigenvalue weighted by molar-refractivity contribution is 5.06. The van der Waals surface area contributed by atoms with E-state index in [1.54, 1.807) is 5.57 Å². The van der Waals surface area contributed by atoms with Crippen LogP contribution < -0.4 is 0 Å². The van der Waals surface area contributed by atoms with Crippen LogP contribution in [0.4, 0.5) is 0 Å². The fraction of sp³-hybridized carbons (Fsp3) is 0.846. The summed E-state index contributed by atoms with van der Waals surface area (Å²) < 4.78 is 5.36. The maximum absolute atomic E-state index is 5.36. The van der Waals surface area contributed by atoms with Gasteiger partial charge in [-0.15, -0.1) is 0 Å². The summed E-state index contributed by atoms with van der Waals surface area (Å²) in [5.41, 5.74) is 1.70. The van der Waals surface area contributed by atoms with Crippen molar-refractivity contribution in [2.75, 3.05) is 7.11 Å². The minimum atomic E-state index is 0.493. The van der Waals surface area contributed by atoms with Crippen molar-refractivity contribution in [1.29, 1.82) is 0 Å². The summed E-state index contributed by atoms with van der Waals surface area (Å²) in [6, 6.07) is 0. The molecule has 1 nitrogen and oxygen atoms in total. The number of allylic oxidation sites excluding steroid dienone is 2. The van der Waals surface area contributed by atoms with Crippen LogP contribution >= 0.6 is 0 Å². The first-order valence-electron chi connectivity index (χ1n) is 6.07. The van der Waals surface area contributed by atoms with Crippen molar-refractivity contribution >= 4 is 0 Å². The Labute approximate surface area is 88.5 Å². The Balaban J connectivity index is 1.98. The smallest absolute Gasteiger partial charge is 0.0568 e. The molecule has 0 bridgehead atoms. The predicted octanol–water partition coefficient (Wildman–Crippen LogP) is 4.08. The van der Waals surface area contributed by atoms with Crippen LogP contribution in [0.25, 0.3) is 0 Å². The zero-order valence-corrected chi connectivity index (χ0v) is 9.72. The molecular formula is C13H24O. The third-order valence-corrected chi connectivity index (χ3v) is 3.20. The van der Waals surface area contributed by atoms with E-state index in [1.807, 2.05) is 7.11 Å². The zero-order valence-electron chi connectivity index (χ0n) is 9.72. The lowest BCUT2D eigenvalue weighted by Crippen LogP contribution is -2.08. The minimum Gasteiger partial charge on any atom is -0.381 e. The lowest BCUT2D eigenvalue weighted by molar-refractivity contribution is 0.0899. The molecule has 1 aliphatic rings. The molecule has 0 saturated carbocycles. The largest absolute Gasteiger partial charge is 0.381 e. The molecule has 1 unspecified atom stereocenters. The topological polar surface area (TPSA) is 9.23 Å². The first kappa shape index (κ1) is 11.8. The summed E-state index contributed by atoms with van der Waals surface area (Å²) in [6.45, 7) is 2.20. The van der Waals surface area contributed by atoms with Gasteiger partial charge in [-0.3, -0.25) is 0 Å². The Kier molecular flexibility index (Phi) is 5.93. The van der Waals surface area contributed by atoms with Crippen LogP contribution in [0.1, 0.15) is 58.3 Å². The van der Waals surface area contributed by atoms with Crippen LogP contribution in [0, 0.1) is 0 Å². The maximum Gasteiger partial charge on any atom is 0.0568 e. The fourth-order valence-electron chi connectivity index (χ4n) is 2.18. The van der Waals surface area contributed by atoms with Crippen molar-refractivity contribution in [3.63, 3.8) is 0 Å². The van der Waals surface area contributed by atoms with Crippen molar-refractivity contribution in [2.24, 2.45) is 0 Å². The maximum atomic E-state index is 5.36. The minimum absolute atomic E-state index is 0.493. The molecular weight excluding hydrogens is 172 g/mol. The predicted molar refractivity (Wildman–Crippen MR) is 61.5 cm³/mol. The van der Waals surface area contributed by atoms with Gasteiger partial charge >= 0.3 is 0 Å². The summed E-state index contributed by atoms with van der Waals surface area (Å²) >= 11 is 0. The van der Waals surface area contributed by atoms with E-state index in [0.717, 1.165) is 6.42 Å². The molecule has 0 aromatic carbocycles. The van der Waals surface area contributed by atoms with Crippen LogP contribution in [0.2, 0.25) is 0 Å². The molecule has 1 heteroatoms. The van der Waals surface area contributed by atoms with Gasteiger partial charge in [-0.25, -0.2) is 0 Å². The van der Waals surface area contributed by atoms with Gasteiger partial charge in [0.2, 0.25) is 0 Å². The van der Waals surface area contributed by atoms with Gasteiger partial charge in [0.15, 0.2) is 0 Å². The molecule has 0 fully saturated rings. The van der Waals surface area contributed by atoms with Crippen molar-refractivity contribution in [3.05, 3.63) is 11.6 Å². The van der Waals surface area contributed by atoms with Crippen LogP contribution in [0.15, 0.2) is 11.6 Å². The summed E-state index contributed by atoms with van der Waals surface area (Å²) in [5, 5.41) is 0. The lowest BCUT2D eigenvalue weighted by Gasteiger charge is -2.12. The Hall–Kier alpha value is -0.300. The summed E-state index contributed by atoms with van der Waals surface area (Å²) in [4.78, 5) is 0. The Morgan fingerprint density at radius 1 is 1.43 bits per heavy atom. The Bertz CT molecular complexity index is 168. The molecule has 0 spiro atoms. The van der Waals surface area contributed by atoms with Crippen molar-refractivity contribution in [1.82, 2.24) is 0 Å². The van der Waals surface area contributed by atoms with Gasteiger partial charge in [-0.1, -0.05) is 25.0 Å². The molecule has 14 heavy (non-hydrogen) atoms. The zero-order chi connectivity index (χ0) is 10.2. The second-order valence-electron chi connectivity index (χ2n) is 4.27. The SMILES string of the molecule is CCC(CCCCC1=CCCC1)OC. The standard InChI is InChI=1S/C13H24O/c1-3-13(14-2)11-7-6-10-12-8-4-5-9-12/h8,13H,3-7,9-11H2,1-2H3. The highest BCUT2D eigenvalue weighted by Gasteiger charge is 2.06. The second kappa shape index (κ2) is 7.05. The normalized spacial score (nSPS) is 18.3. The van der Waals surface area contributed by atoms with Gasteiger partial charge in [0.05, 0.1) is 6.10 Å². The van der Waals surface area contributed by atoms with Crippen LogP contribution in [-0.4, -0.2) is 13.2 Å². The average Bonchev–Trinajstić information content (AvgIpc) is 2.71. The number of hydrogen-bond acceptors (Lipinski definition) is 1. The quantitative estimate of drug-likeness (QED) is 0.440. The second-order valence-corrected chi connectivity index (χ2v) is 4.27. The van der Waals surface area contributed by atoms with Gasteiger partial charge in [0.1, 0.15) is 0 Å². The molecule has 0 aromatic rings. The Morgan fingerprint density at radius 3 is 2.86 bits per heavy atom. The third-order valence-electron chi connectivity index (χ3n) is 3.20. The molecule has 1 atom stereocenters. The number of methoxy groups -OCH3 is 1. The average molecular weight is 196 g/mol. The van der Waals surface area contributed by atoms with E-state index in [-0.39, 0.29) is 0 Å². The molecule has 0 heterocycles. The highest BCUT2D eigenvalue weighted by Crippen LogP contribution is 2.23. The molecule has 1 rings (SSSR count). The van der Waals surface area contributed by atoms with E-state index in [1.165, 1.54) is 44.9 Å². The van der Waals surface area contributed by atoms with Gasteiger partial charge in [0.25, 0.3) is 0 Å². The summed E-state index contributed by atoms with van der Waals surface area (Å²) in [6.07, 6.45) is 13.4. The van der Waals surface area contributed by atoms with Crippen molar-refractivity contribution in [2.45, 2.75) is 64.4 Å². The van der Waals surface area contributed by atoms with E-state index in [4.69, 9.17) is 4.74 Å². The molecule has 82 valence electrons. The first-order chi connectivity index (χ1) is 6.86. The fourth-order valence-corrected chi connectivity index (χ4v) is 2.18. The highest BCUT2D eigenvalue weighted by atomic mass is 16.5. The molecule has 1 aliphatic carbocycles. The van der Waals surface area contributed by atoms with Crippen molar-refractivity contribution < 1.29 is 4.74 Å². The van der Waals surface area contributed by atoms with E-state index in [0.29, 0.717) is 6.10 Å². The van der Waals surface area contributed by atoms with E-state index in [9.17, 15) is 0 Å². The van der Waals surface area contributed by atoms with Crippen molar-refractivity contribution in [3.8, 4) is 0 Å². The van der Waals surface area contributed by atoms with Crippen LogP contribution in [-0.2, 0) is 4.74 Å². The van der Waals surface area contributed by atoms with E-state index >= 15 is 0 Å². The molecule has 0 N–H and O–H groups in total. The van der Waals surface area contributed by atoms with Crippen LogP contribution in [0.5, 0.6) is 0 Å². The molecule has 0 saturated heterocycles. The third kappa shape index (κ3) is 4.28. The molecule has 0 radical (unpaired) electrons. The van der Waals surface area contributed by atoms with Crippen LogP contribution in [0.3, 0.4) is 0 Å². The van der Waals surface area contributed by atoms with Gasteiger partial charge in [-0.2, -0.15) is 0 Å². The summed E-state index contributed by atoms with van der Waals surface area (Å²) in [7, 11) is 1.83. The molecule has 0 aromatic heterocycles. The van der Waals surface area contributed by atoms with Gasteiger partial charge in [-0.05, 0) is 44.9 Å². The van der Waals surface area contributed by atoms with Gasteiger partial charge in [0, 0.05) is 7.11 Å². The lowest BCUT2D eigenvalue weighted by atomic mass is 10.0. The molecule has 0 amide bonds. The molecule has 0 aliphatic heterocycles. The van der Waals surface area contributed by atoms with Gasteiger partial charge < -0.3 is 4.74 Å². The monoisotopic (exact) mass is 196 g/mol. The number of hydrogen-bond donors (Lipinski definition) is 0. The Morgan fingerprint density at radius 2 is 2.29 bits per heavy atom. The van der Waals surface area contributed by atoms with E-state index < -0.39 is 0 Å². The number of ether oxygens (including phenoxy) is 1. The summed E-state index contributed by atoms with van der Waals surface area (Å²) in [5.74, 6) is 0. The number of unbranched alkanes of at least 4 members (excludes halogenated alkanes) is 1. The number of rotatable bonds is 7. The first-order valence-corrected chi connectivity index (χ1v) is 6.07. The van der Waals surface area contributed by atoms with E-state index in [2.05, 4.69) is 13.0 Å².